The van der Waals surface area contributed by atoms with E-state index in [-0.39, 0.29) is 24.2 Å². The van der Waals surface area contributed by atoms with Crippen molar-refractivity contribution >= 4 is 17.5 Å². The van der Waals surface area contributed by atoms with Crippen molar-refractivity contribution in [2.24, 2.45) is 0 Å². The lowest BCUT2D eigenvalue weighted by Crippen LogP contribution is -2.30. The Bertz CT molecular complexity index is 998. The van der Waals surface area contributed by atoms with Gasteiger partial charge in [0.15, 0.2) is 0 Å². The summed E-state index contributed by atoms with van der Waals surface area (Å²) >= 11 is 0. The number of nitrogens with zero attached hydrogens (tertiary/aromatic N) is 5. The first kappa shape index (κ1) is 20.1. The summed E-state index contributed by atoms with van der Waals surface area (Å²) in [4.78, 5) is 27.6. The molecule has 1 N–H and O–H groups in total. The number of benzene rings is 2. The van der Waals surface area contributed by atoms with E-state index in [1.807, 2.05) is 13.8 Å². The maximum Gasteiger partial charge on any atom is 0.253 e. The van der Waals surface area contributed by atoms with Crippen molar-refractivity contribution in [1.29, 1.82) is 0 Å². The van der Waals surface area contributed by atoms with Crippen LogP contribution in [0.2, 0.25) is 0 Å². The fourth-order valence-corrected chi connectivity index (χ4v) is 2.78. The third kappa shape index (κ3) is 5.01. The Balaban J connectivity index is 1.65. The van der Waals surface area contributed by atoms with Gasteiger partial charge in [0.1, 0.15) is 12.4 Å². The average molecular weight is 396 g/mol. The Labute approximate surface area is 167 Å². The number of nitrogens with one attached hydrogen (secondary N) is 1. The van der Waals surface area contributed by atoms with E-state index in [1.165, 1.54) is 24.3 Å². The number of carbonyl (C=O) groups is 2. The van der Waals surface area contributed by atoms with Gasteiger partial charge >= 0.3 is 0 Å². The minimum atomic E-state index is -0.361. The van der Waals surface area contributed by atoms with Crippen LogP contribution in [0.15, 0.2) is 48.5 Å². The molecule has 0 atom stereocenters. The van der Waals surface area contributed by atoms with Crippen molar-refractivity contribution in [2.45, 2.75) is 20.4 Å². The van der Waals surface area contributed by atoms with E-state index >= 15 is 0 Å². The van der Waals surface area contributed by atoms with Crippen molar-refractivity contribution in [1.82, 2.24) is 25.1 Å². The van der Waals surface area contributed by atoms with Gasteiger partial charge in [0.2, 0.25) is 11.7 Å². The molecule has 0 aliphatic carbocycles. The number of anilines is 1. The molecule has 3 rings (SSSR count). The van der Waals surface area contributed by atoms with Gasteiger partial charge in [-0.15, -0.1) is 10.2 Å². The second-order valence-corrected chi connectivity index (χ2v) is 6.26. The first-order chi connectivity index (χ1) is 14.0. The van der Waals surface area contributed by atoms with Crippen molar-refractivity contribution in [3.05, 3.63) is 59.9 Å². The Morgan fingerprint density at radius 3 is 2.52 bits per heavy atom. The summed E-state index contributed by atoms with van der Waals surface area (Å²) in [6.07, 6.45) is 0. The molecule has 0 unspecified atom stereocenters. The van der Waals surface area contributed by atoms with Crippen LogP contribution in [0.5, 0.6) is 0 Å². The van der Waals surface area contributed by atoms with Crippen molar-refractivity contribution in [3.8, 4) is 11.4 Å². The maximum atomic E-state index is 13.0. The van der Waals surface area contributed by atoms with Crippen LogP contribution in [0.3, 0.4) is 0 Å². The van der Waals surface area contributed by atoms with Crippen LogP contribution in [0.4, 0.5) is 10.1 Å². The third-order valence-corrected chi connectivity index (χ3v) is 4.28. The summed E-state index contributed by atoms with van der Waals surface area (Å²) < 4.78 is 13.0. The van der Waals surface area contributed by atoms with Gasteiger partial charge in [0.25, 0.3) is 5.91 Å². The molecule has 0 radical (unpaired) electrons. The monoisotopic (exact) mass is 396 g/mol. The van der Waals surface area contributed by atoms with Crippen LogP contribution >= 0.6 is 0 Å². The van der Waals surface area contributed by atoms with E-state index in [1.54, 1.807) is 29.2 Å². The van der Waals surface area contributed by atoms with E-state index in [2.05, 4.69) is 20.7 Å². The topological polar surface area (TPSA) is 93.0 Å². The zero-order valence-corrected chi connectivity index (χ0v) is 16.2. The molecular formula is C20H21FN6O2. The van der Waals surface area contributed by atoms with Crippen molar-refractivity contribution in [3.63, 3.8) is 0 Å². The van der Waals surface area contributed by atoms with Crippen LogP contribution < -0.4 is 5.32 Å². The molecule has 3 aromatic rings. The van der Waals surface area contributed by atoms with Gasteiger partial charge in [-0.25, -0.2) is 4.39 Å². The minimum Gasteiger partial charge on any atom is -0.339 e. The largest absolute Gasteiger partial charge is 0.339 e. The highest BCUT2D eigenvalue weighted by Gasteiger charge is 2.14. The quantitative estimate of drug-likeness (QED) is 0.663. The highest BCUT2D eigenvalue weighted by molar-refractivity contribution is 5.97. The zero-order chi connectivity index (χ0) is 20.8. The molecule has 150 valence electrons. The lowest BCUT2D eigenvalue weighted by Gasteiger charge is -2.19. The summed E-state index contributed by atoms with van der Waals surface area (Å²) in [5.74, 6) is -0.514. The first-order valence-electron chi connectivity index (χ1n) is 9.23. The highest BCUT2D eigenvalue weighted by atomic mass is 19.1. The Morgan fingerprint density at radius 2 is 1.83 bits per heavy atom. The summed E-state index contributed by atoms with van der Waals surface area (Å²) in [6.45, 7) is 4.90. The molecule has 1 heterocycles. The average Bonchev–Trinajstić information content (AvgIpc) is 3.17. The van der Waals surface area contributed by atoms with Crippen LogP contribution in [-0.4, -0.2) is 50.0 Å². The molecule has 29 heavy (non-hydrogen) atoms. The van der Waals surface area contributed by atoms with E-state index < -0.39 is 0 Å². The fraction of sp³-hybridized carbons (Fsp3) is 0.250. The van der Waals surface area contributed by atoms with Gasteiger partial charge in [-0.3, -0.25) is 9.59 Å². The SMILES string of the molecule is CCN(CC)C(=O)c1cccc(NC(=O)Cn2nnc(-c3ccc(F)cc3)n2)c1. The van der Waals surface area contributed by atoms with Gasteiger partial charge in [0, 0.05) is 29.9 Å². The zero-order valence-electron chi connectivity index (χ0n) is 16.2. The summed E-state index contributed by atoms with van der Waals surface area (Å²) in [5.41, 5.74) is 1.61. The minimum absolute atomic E-state index is 0.0898. The molecule has 9 heteroatoms. The van der Waals surface area contributed by atoms with Gasteiger partial charge < -0.3 is 10.2 Å². The fourth-order valence-electron chi connectivity index (χ4n) is 2.78. The lowest BCUT2D eigenvalue weighted by molar-refractivity contribution is -0.117. The van der Waals surface area contributed by atoms with Crippen LogP contribution in [0, 0.1) is 5.82 Å². The van der Waals surface area contributed by atoms with E-state index in [0.29, 0.717) is 35.7 Å². The van der Waals surface area contributed by atoms with Gasteiger partial charge in [-0.2, -0.15) is 4.80 Å². The number of amides is 2. The van der Waals surface area contributed by atoms with E-state index in [4.69, 9.17) is 0 Å². The van der Waals surface area contributed by atoms with Gasteiger partial charge in [0.05, 0.1) is 0 Å². The van der Waals surface area contributed by atoms with Gasteiger partial charge in [-0.05, 0) is 61.5 Å². The van der Waals surface area contributed by atoms with Crippen LogP contribution in [-0.2, 0) is 11.3 Å². The smallest absolute Gasteiger partial charge is 0.253 e. The molecule has 1 aromatic heterocycles. The van der Waals surface area contributed by atoms with E-state index in [0.717, 1.165) is 4.80 Å². The number of hydrogen-bond donors (Lipinski definition) is 1. The van der Waals surface area contributed by atoms with E-state index in [9.17, 15) is 14.0 Å². The molecule has 0 saturated heterocycles. The number of rotatable bonds is 7. The number of carbonyl (C=O) groups excluding carboxylic acids is 2. The second-order valence-electron chi connectivity index (χ2n) is 6.26. The number of aromatic nitrogens is 4. The molecule has 0 spiro atoms. The Morgan fingerprint density at radius 1 is 1.10 bits per heavy atom. The Kier molecular flexibility index (Phi) is 6.28. The Hall–Kier alpha value is -3.62. The van der Waals surface area contributed by atoms with Gasteiger partial charge in [-0.1, -0.05) is 6.07 Å². The molecule has 0 aliphatic rings. The predicted molar refractivity (Wildman–Crippen MR) is 106 cm³/mol. The molecule has 2 amide bonds. The van der Waals surface area contributed by atoms with Crippen molar-refractivity contribution < 1.29 is 14.0 Å². The molecule has 0 fully saturated rings. The summed E-state index contributed by atoms with van der Waals surface area (Å²) in [7, 11) is 0. The summed E-state index contributed by atoms with van der Waals surface area (Å²) in [5, 5.41) is 14.6. The maximum absolute atomic E-state index is 13.0. The number of hydrogen-bond acceptors (Lipinski definition) is 5. The second kappa shape index (κ2) is 9.05. The highest BCUT2D eigenvalue weighted by Crippen LogP contribution is 2.15. The molecule has 2 aromatic carbocycles. The number of tetrazole rings is 1. The predicted octanol–water partition coefficient (Wildman–Crippen LogP) is 2.60. The summed E-state index contributed by atoms with van der Waals surface area (Å²) in [6, 6.07) is 12.4. The molecule has 0 aliphatic heterocycles. The number of halogens is 1. The third-order valence-electron chi connectivity index (χ3n) is 4.28. The molecule has 8 nitrogen and oxygen atoms in total. The van der Waals surface area contributed by atoms with Crippen LogP contribution in [0.1, 0.15) is 24.2 Å². The standard InChI is InChI=1S/C20H21FN6O2/c1-3-26(4-2)20(29)15-6-5-7-17(12-15)22-18(28)13-27-24-19(23-25-27)14-8-10-16(21)11-9-14/h5-12H,3-4,13H2,1-2H3,(H,22,28). The normalized spacial score (nSPS) is 10.6. The molecule has 0 bridgehead atoms. The molecular weight excluding hydrogens is 375 g/mol. The molecule has 0 saturated carbocycles. The van der Waals surface area contributed by atoms with Crippen LogP contribution in [0.25, 0.3) is 11.4 Å². The first-order valence-corrected chi connectivity index (χ1v) is 9.23. The van der Waals surface area contributed by atoms with Crippen molar-refractivity contribution in [2.75, 3.05) is 18.4 Å². The lowest BCUT2D eigenvalue weighted by atomic mass is 10.1.